The maximum absolute atomic E-state index is 13.1. The van der Waals surface area contributed by atoms with Gasteiger partial charge in [-0.1, -0.05) is 72.6 Å². The molecule has 0 amide bonds. The fourth-order valence-electron chi connectivity index (χ4n) is 7.02. The second kappa shape index (κ2) is 19.3. The van der Waals surface area contributed by atoms with Gasteiger partial charge in [-0.2, -0.15) is 4.99 Å². The molecule has 57 heavy (non-hydrogen) atoms. The van der Waals surface area contributed by atoms with E-state index in [-0.39, 0.29) is 51.9 Å². The first-order chi connectivity index (χ1) is 27.1. The van der Waals surface area contributed by atoms with Crippen LogP contribution in [0.4, 0.5) is 5.82 Å². The Hall–Kier alpha value is -3.84. The minimum Gasteiger partial charge on any atom is -0.466 e. The molecule has 2 aliphatic carbocycles. The number of nitrogens with zero attached hydrogens (tertiary/aromatic N) is 3. The number of benzene rings is 2. The summed E-state index contributed by atoms with van der Waals surface area (Å²) in [6.45, 7) is 3.98. The standard InChI is InChI=1S/C19H24ClN5O4S.C18H20Cl2N2O4S/c1-2-29-18(26)13-5-3-4-6-16(13)25-30(27,28)11-7-8-12-14(9-11)17(24-19(21)22)23-10-15(12)20;1-2-26-18(23)13-5-3-4-6-16(13)22-27(24,25)11-7-8-12-14(9-11)17(20)21-10-15(12)19/h7-10,13,16,25H,2-6H2,1H3,(H4,21,22,23,24);7-10,13,16,22H,2-6H2,1H3/t13-,16-;13-,16+/m01/s1. The number of guanidine groups is 1. The number of pyridine rings is 2. The summed E-state index contributed by atoms with van der Waals surface area (Å²) < 4.78 is 67.6. The molecular weight excluding hydrogens is 841 g/mol. The number of esters is 2. The molecule has 15 nitrogen and oxygen atoms in total. The number of ether oxygens (including phenoxy) is 2. The molecule has 0 aliphatic heterocycles. The lowest BCUT2D eigenvalue weighted by molar-refractivity contribution is -0.150. The van der Waals surface area contributed by atoms with Gasteiger partial charge in [-0.05, 0) is 63.8 Å². The zero-order chi connectivity index (χ0) is 41.5. The number of nitrogens with two attached hydrogens (primary N) is 2. The lowest BCUT2D eigenvalue weighted by atomic mass is 9.85. The van der Waals surface area contributed by atoms with Crippen LogP contribution in [0.2, 0.25) is 15.2 Å². The molecule has 0 radical (unpaired) electrons. The first-order valence-corrected chi connectivity index (χ1v) is 22.5. The first-order valence-electron chi connectivity index (χ1n) is 18.4. The van der Waals surface area contributed by atoms with Crippen molar-refractivity contribution in [1.82, 2.24) is 19.4 Å². The summed E-state index contributed by atoms with van der Waals surface area (Å²) in [5, 5.41) is 2.94. The van der Waals surface area contributed by atoms with Crippen molar-refractivity contribution >= 4 is 100 Å². The highest BCUT2D eigenvalue weighted by molar-refractivity contribution is 7.89. The second-order valence-electron chi connectivity index (χ2n) is 13.5. The molecule has 0 unspecified atom stereocenters. The van der Waals surface area contributed by atoms with E-state index in [2.05, 4.69) is 24.4 Å². The molecule has 2 saturated carbocycles. The number of halogens is 3. The van der Waals surface area contributed by atoms with Crippen LogP contribution in [0.1, 0.15) is 65.2 Å². The molecule has 2 aromatic carbocycles. The summed E-state index contributed by atoms with van der Waals surface area (Å²) in [6, 6.07) is 7.92. The molecule has 20 heteroatoms. The van der Waals surface area contributed by atoms with Crippen molar-refractivity contribution in [3.05, 3.63) is 64.0 Å². The Labute approximate surface area is 346 Å². The fraction of sp³-hybridized carbons (Fsp3) is 0.432. The third kappa shape index (κ3) is 10.8. The number of sulfonamides is 2. The largest absolute Gasteiger partial charge is 0.466 e. The lowest BCUT2D eigenvalue weighted by Gasteiger charge is -2.30. The minimum atomic E-state index is -3.93. The van der Waals surface area contributed by atoms with E-state index in [1.54, 1.807) is 26.0 Å². The number of carbonyl (C=O) groups excluding carboxylic acids is 2. The number of aliphatic imine (C=N–C) groups is 1. The Morgan fingerprint density at radius 3 is 1.61 bits per heavy atom. The molecule has 4 aromatic rings. The number of aromatic nitrogens is 2. The van der Waals surface area contributed by atoms with Crippen molar-refractivity contribution in [2.75, 3.05) is 13.2 Å². The molecule has 2 aliphatic rings. The Bertz CT molecular complexity index is 2380. The number of nitrogens with one attached hydrogen (secondary N) is 2. The van der Waals surface area contributed by atoms with E-state index >= 15 is 0 Å². The topological polar surface area (TPSA) is 235 Å². The van der Waals surface area contributed by atoms with Crippen molar-refractivity contribution in [3.63, 3.8) is 0 Å². The fourth-order valence-corrected chi connectivity index (χ4v) is 10.3. The highest BCUT2D eigenvalue weighted by atomic mass is 35.5. The second-order valence-corrected chi connectivity index (χ2v) is 18.1. The predicted molar refractivity (Wildman–Crippen MR) is 219 cm³/mol. The Kier molecular flexibility index (Phi) is 15.0. The monoisotopic (exact) mass is 883 g/mol. The van der Waals surface area contributed by atoms with Crippen molar-refractivity contribution in [2.45, 2.75) is 87.1 Å². The van der Waals surface area contributed by atoms with Gasteiger partial charge in [0.15, 0.2) is 11.8 Å². The van der Waals surface area contributed by atoms with Gasteiger partial charge in [-0.15, -0.1) is 0 Å². The Morgan fingerprint density at radius 1 is 0.702 bits per heavy atom. The number of rotatable bonds is 11. The minimum absolute atomic E-state index is 0.000656. The van der Waals surface area contributed by atoms with Crippen LogP contribution in [0.25, 0.3) is 21.5 Å². The Balaban J connectivity index is 0.000000219. The highest BCUT2D eigenvalue weighted by Crippen LogP contribution is 2.34. The van der Waals surface area contributed by atoms with Gasteiger partial charge in [0.25, 0.3) is 0 Å². The summed E-state index contributed by atoms with van der Waals surface area (Å²) in [5.41, 5.74) is 10.9. The van der Waals surface area contributed by atoms with Crippen molar-refractivity contribution in [3.8, 4) is 0 Å². The van der Waals surface area contributed by atoms with Crippen LogP contribution in [-0.2, 0) is 39.1 Å². The van der Waals surface area contributed by atoms with Gasteiger partial charge in [0, 0.05) is 46.0 Å². The predicted octanol–water partition coefficient (Wildman–Crippen LogP) is 6.14. The van der Waals surface area contributed by atoms with Crippen molar-refractivity contribution in [2.24, 2.45) is 28.3 Å². The molecule has 2 aromatic heterocycles. The zero-order valence-corrected chi connectivity index (χ0v) is 35.1. The van der Waals surface area contributed by atoms with Gasteiger partial charge in [0.2, 0.25) is 20.0 Å². The number of hydrogen-bond acceptors (Lipinski definition) is 11. The maximum atomic E-state index is 13.1. The number of fused-ring (bicyclic) bond motifs is 2. The molecule has 308 valence electrons. The van der Waals surface area contributed by atoms with Gasteiger partial charge in [-0.3, -0.25) is 9.59 Å². The Morgan fingerprint density at radius 2 is 1.14 bits per heavy atom. The molecule has 4 atom stereocenters. The molecule has 6 N–H and O–H groups in total. The van der Waals surface area contributed by atoms with Crippen molar-refractivity contribution < 1.29 is 35.9 Å². The molecule has 2 heterocycles. The van der Waals surface area contributed by atoms with Crippen LogP contribution in [0.15, 0.2) is 63.6 Å². The van der Waals surface area contributed by atoms with Crippen LogP contribution in [0.3, 0.4) is 0 Å². The summed E-state index contributed by atoms with van der Waals surface area (Å²) >= 11 is 18.4. The van der Waals surface area contributed by atoms with Crippen LogP contribution in [0, 0.1) is 11.8 Å². The third-order valence-corrected chi connectivity index (χ3v) is 13.6. The van der Waals surface area contributed by atoms with E-state index in [9.17, 15) is 26.4 Å². The quantitative estimate of drug-likeness (QED) is 0.0576. The average Bonchev–Trinajstić information content (AvgIpc) is 3.17. The lowest BCUT2D eigenvalue weighted by Crippen LogP contribution is -2.45. The first kappa shape index (κ1) is 44.3. The number of hydrogen-bond donors (Lipinski definition) is 4. The SMILES string of the molecule is CCOC(=O)[C@@H]1CCCC[C@@H]1NS(=O)(=O)c1ccc2c(Cl)cnc(Cl)c2c1.CCOC(=O)[C@H]1CCCC[C@@H]1NS(=O)(=O)c1ccc2c(Cl)cnc(N=C(N)N)c2c1. The van der Waals surface area contributed by atoms with Gasteiger partial charge in [0.05, 0.1) is 44.9 Å². The molecule has 0 saturated heterocycles. The summed E-state index contributed by atoms with van der Waals surface area (Å²) in [7, 11) is -7.78. The van der Waals surface area contributed by atoms with Gasteiger partial charge < -0.3 is 20.9 Å². The van der Waals surface area contributed by atoms with Crippen molar-refractivity contribution in [1.29, 1.82) is 0 Å². The average molecular weight is 885 g/mol. The van der Waals surface area contributed by atoms with E-state index in [4.69, 9.17) is 55.7 Å². The van der Waals surface area contributed by atoms with Crippen LogP contribution in [-0.4, -0.2) is 70.0 Å². The van der Waals surface area contributed by atoms with E-state index in [0.717, 1.165) is 25.7 Å². The summed E-state index contributed by atoms with van der Waals surface area (Å²) in [4.78, 5) is 36.5. The van der Waals surface area contributed by atoms with E-state index in [1.807, 2.05) is 0 Å². The summed E-state index contributed by atoms with van der Waals surface area (Å²) in [5.74, 6) is -1.78. The number of carbonyl (C=O) groups is 2. The van der Waals surface area contributed by atoms with Crippen LogP contribution >= 0.6 is 34.8 Å². The molecule has 2 fully saturated rings. The summed E-state index contributed by atoms with van der Waals surface area (Å²) in [6.07, 6.45) is 8.55. The van der Waals surface area contributed by atoms with Crippen LogP contribution in [0.5, 0.6) is 0 Å². The molecule has 6 rings (SSSR count). The molecular formula is C37H44Cl3N7O8S2. The third-order valence-electron chi connectivity index (χ3n) is 9.73. The zero-order valence-electron chi connectivity index (χ0n) is 31.2. The van der Waals surface area contributed by atoms with Gasteiger partial charge in [-0.25, -0.2) is 36.2 Å². The van der Waals surface area contributed by atoms with Gasteiger partial charge in [0.1, 0.15) is 5.15 Å². The maximum Gasteiger partial charge on any atom is 0.310 e. The molecule has 0 bridgehead atoms. The van der Waals surface area contributed by atoms with E-state index < -0.39 is 44.0 Å². The van der Waals surface area contributed by atoms with E-state index in [0.29, 0.717) is 57.3 Å². The van der Waals surface area contributed by atoms with E-state index in [1.165, 1.54) is 36.7 Å². The normalized spacial score (nSPS) is 19.9. The van der Waals surface area contributed by atoms with Gasteiger partial charge >= 0.3 is 11.9 Å². The smallest absolute Gasteiger partial charge is 0.310 e. The molecule has 0 spiro atoms. The highest BCUT2D eigenvalue weighted by Gasteiger charge is 2.36. The van der Waals surface area contributed by atoms with Crippen LogP contribution < -0.4 is 20.9 Å².